The third-order valence-electron chi connectivity index (χ3n) is 1.42. The van der Waals surface area contributed by atoms with Crippen molar-refractivity contribution in [3.63, 3.8) is 0 Å². The average molecular weight is 182 g/mol. The zero-order chi connectivity index (χ0) is 9.68. The van der Waals surface area contributed by atoms with Crippen LogP contribution in [0.3, 0.4) is 0 Å². The van der Waals surface area contributed by atoms with Gasteiger partial charge in [0.2, 0.25) is 5.88 Å². The molecule has 0 saturated carbocycles. The molecule has 1 heterocycles. The Morgan fingerprint density at radius 3 is 2.85 bits per heavy atom. The average Bonchev–Trinajstić information content (AvgIpc) is 2.03. The number of nitrogens with two attached hydrogens (primary N) is 1. The second-order valence-electron chi connectivity index (χ2n) is 2.93. The van der Waals surface area contributed by atoms with E-state index in [0.29, 0.717) is 18.3 Å². The first-order valence-electron chi connectivity index (χ1n) is 4.03. The van der Waals surface area contributed by atoms with Crippen molar-refractivity contribution in [2.24, 2.45) is 0 Å². The summed E-state index contributed by atoms with van der Waals surface area (Å²) < 4.78 is 5.30. The SMILES string of the molecule is CN(C)CCOc1cncc(N)n1. The first-order valence-corrected chi connectivity index (χ1v) is 4.03. The molecule has 0 unspecified atom stereocenters. The number of rotatable bonds is 4. The van der Waals surface area contributed by atoms with Crippen molar-refractivity contribution < 1.29 is 4.74 Å². The molecule has 0 aliphatic carbocycles. The van der Waals surface area contributed by atoms with Gasteiger partial charge in [0.1, 0.15) is 12.4 Å². The van der Waals surface area contributed by atoms with Crippen LogP contribution in [-0.2, 0) is 0 Å². The molecular weight excluding hydrogens is 168 g/mol. The highest BCUT2D eigenvalue weighted by Crippen LogP contribution is 2.05. The van der Waals surface area contributed by atoms with E-state index in [1.54, 1.807) is 6.20 Å². The highest BCUT2D eigenvalue weighted by atomic mass is 16.5. The molecule has 0 aromatic carbocycles. The summed E-state index contributed by atoms with van der Waals surface area (Å²) in [7, 11) is 3.96. The Labute approximate surface area is 77.5 Å². The number of hydrogen-bond acceptors (Lipinski definition) is 5. The van der Waals surface area contributed by atoms with E-state index >= 15 is 0 Å². The lowest BCUT2D eigenvalue weighted by Gasteiger charge is -2.09. The van der Waals surface area contributed by atoms with Crippen LogP contribution in [0.5, 0.6) is 5.88 Å². The minimum absolute atomic E-state index is 0.377. The van der Waals surface area contributed by atoms with E-state index in [-0.39, 0.29) is 0 Å². The van der Waals surface area contributed by atoms with Crippen LogP contribution in [0.2, 0.25) is 0 Å². The minimum Gasteiger partial charge on any atom is -0.475 e. The van der Waals surface area contributed by atoms with Gasteiger partial charge in [0.25, 0.3) is 0 Å². The van der Waals surface area contributed by atoms with E-state index in [1.807, 2.05) is 19.0 Å². The number of nitrogens with zero attached hydrogens (tertiary/aromatic N) is 3. The Morgan fingerprint density at radius 1 is 1.46 bits per heavy atom. The smallest absolute Gasteiger partial charge is 0.234 e. The van der Waals surface area contributed by atoms with Crippen molar-refractivity contribution in [1.29, 1.82) is 0 Å². The Balaban J connectivity index is 2.37. The van der Waals surface area contributed by atoms with Crippen molar-refractivity contribution in [1.82, 2.24) is 14.9 Å². The zero-order valence-electron chi connectivity index (χ0n) is 7.90. The summed E-state index contributed by atoms with van der Waals surface area (Å²) in [6, 6.07) is 0. The second kappa shape index (κ2) is 4.61. The highest BCUT2D eigenvalue weighted by Gasteiger charge is 1.96. The number of anilines is 1. The molecule has 5 heteroatoms. The molecule has 0 radical (unpaired) electrons. The Hall–Kier alpha value is -1.36. The largest absolute Gasteiger partial charge is 0.475 e. The van der Waals surface area contributed by atoms with E-state index in [2.05, 4.69) is 9.97 Å². The molecule has 0 aliphatic rings. The topological polar surface area (TPSA) is 64.3 Å². The maximum Gasteiger partial charge on any atom is 0.234 e. The van der Waals surface area contributed by atoms with Crippen LogP contribution in [0.1, 0.15) is 0 Å². The molecule has 0 aliphatic heterocycles. The van der Waals surface area contributed by atoms with Gasteiger partial charge in [-0.25, -0.2) is 0 Å². The van der Waals surface area contributed by atoms with Gasteiger partial charge in [-0.15, -0.1) is 0 Å². The first kappa shape index (κ1) is 9.73. The van der Waals surface area contributed by atoms with Crippen molar-refractivity contribution in [2.45, 2.75) is 0 Å². The van der Waals surface area contributed by atoms with Crippen LogP contribution in [0.25, 0.3) is 0 Å². The maximum absolute atomic E-state index is 5.43. The third kappa shape index (κ3) is 3.71. The molecule has 0 spiro atoms. The van der Waals surface area contributed by atoms with Crippen LogP contribution in [0.15, 0.2) is 12.4 Å². The monoisotopic (exact) mass is 182 g/mol. The van der Waals surface area contributed by atoms with E-state index in [9.17, 15) is 0 Å². The number of likely N-dealkylation sites (N-methyl/N-ethyl adjacent to an activating group) is 1. The quantitative estimate of drug-likeness (QED) is 0.710. The summed E-state index contributed by atoms with van der Waals surface area (Å²) in [4.78, 5) is 9.83. The molecule has 1 aromatic rings. The molecule has 0 fully saturated rings. The van der Waals surface area contributed by atoms with Crippen LogP contribution >= 0.6 is 0 Å². The van der Waals surface area contributed by atoms with Gasteiger partial charge in [-0.3, -0.25) is 4.98 Å². The summed E-state index contributed by atoms with van der Waals surface area (Å²) in [6.07, 6.45) is 3.03. The first-order chi connectivity index (χ1) is 6.18. The summed E-state index contributed by atoms with van der Waals surface area (Å²) in [5, 5.41) is 0. The Bertz CT molecular complexity index is 264. The lowest BCUT2D eigenvalue weighted by molar-refractivity contribution is 0.253. The van der Waals surface area contributed by atoms with E-state index in [1.165, 1.54) is 6.20 Å². The molecule has 0 saturated heterocycles. The van der Waals surface area contributed by atoms with E-state index in [4.69, 9.17) is 10.5 Å². The predicted molar refractivity (Wildman–Crippen MR) is 50.5 cm³/mol. The molecule has 0 atom stereocenters. The van der Waals surface area contributed by atoms with Gasteiger partial charge in [-0.05, 0) is 14.1 Å². The Morgan fingerprint density at radius 2 is 2.23 bits per heavy atom. The lowest BCUT2D eigenvalue weighted by atomic mass is 10.6. The summed E-state index contributed by atoms with van der Waals surface area (Å²) in [5.74, 6) is 0.851. The van der Waals surface area contributed by atoms with Crippen LogP contribution in [0, 0.1) is 0 Å². The standard InChI is InChI=1S/C8H14N4O/c1-12(2)3-4-13-8-6-10-5-7(9)11-8/h5-6H,3-4H2,1-2H3,(H2,9,11). The molecule has 2 N–H and O–H groups in total. The van der Waals surface area contributed by atoms with E-state index in [0.717, 1.165) is 6.54 Å². The van der Waals surface area contributed by atoms with Crippen LogP contribution in [-0.4, -0.2) is 42.1 Å². The van der Waals surface area contributed by atoms with Crippen molar-refractivity contribution in [3.05, 3.63) is 12.4 Å². The molecule has 72 valence electrons. The van der Waals surface area contributed by atoms with Gasteiger partial charge >= 0.3 is 0 Å². The normalized spacial score (nSPS) is 10.4. The van der Waals surface area contributed by atoms with Gasteiger partial charge in [0.15, 0.2) is 0 Å². The molecule has 13 heavy (non-hydrogen) atoms. The minimum atomic E-state index is 0.377. The summed E-state index contributed by atoms with van der Waals surface area (Å²) >= 11 is 0. The third-order valence-corrected chi connectivity index (χ3v) is 1.42. The Kier molecular flexibility index (Phi) is 3.45. The molecule has 0 bridgehead atoms. The second-order valence-corrected chi connectivity index (χ2v) is 2.93. The predicted octanol–water partition coefficient (Wildman–Crippen LogP) is -0.000800. The number of nitrogen functional groups attached to an aromatic ring is 1. The summed E-state index contributed by atoms with van der Waals surface area (Å²) in [6.45, 7) is 1.43. The van der Waals surface area contributed by atoms with Crippen LogP contribution < -0.4 is 10.5 Å². The van der Waals surface area contributed by atoms with Gasteiger partial charge in [-0.1, -0.05) is 0 Å². The number of aromatic nitrogens is 2. The number of ether oxygens (including phenoxy) is 1. The van der Waals surface area contributed by atoms with Crippen molar-refractivity contribution in [3.8, 4) is 5.88 Å². The molecule has 5 nitrogen and oxygen atoms in total. The fourth-order valence-electron chi connectivity index (χ4n) is 0.765. The van der Waals surface area contributed by atoms with Crippen molar-refractivity contribution >= 4 is 5.82 Å². The van der Waals surface area contributed by atoms with Gasteiger partial charge in [0.05, 0.1) is 12.4 Å². The van der Waals surface area contributed by atoms with E-state index < -0.39 is 0 Å². The zero-order valence-corrected chi connectivity index (χ0v) is 7.90. The van der Waals surface area contributed by atoms with Gasteiger partial charge in [-0.2, -0.15) is 4.98 Å². The number of hydrogen-bond donors (Lipinski definition) is 1. The molecule has 1 rings (SSSR count). The molecular formula is C8H14N4O. The van der Waals surface area contributed by atoms with Crippen LogP contribution in [0.4, 0.5) is 5.82 Å². The molecule has 1 aromatic heterocycles. The van der Waals surface area contributed by atoms with Gasteiger partial charge in [0, 0.05) is 6.54 Å². The molecule has 0 amide bonds. The van der Waals surface area contributed by atoms with Crippen molar-refractivity contribution in [2.75, 3.05) is 33.0 Å². The lowest BCUT2D eigenvalue weighted by Crippen LogP contribution is -2.19. The maximum atomic E-state index is 5.43. The summed E-state index contributed by atoms with van der Waals surface area (Å²) in [5.41, 5.74) is 5.43. The fourth-order valence-corrected chi connectivity index (χ4v) is 0.765. The highest BCUT2D eigenvalue weighted by molar-refractivity contribution is 5.25. The van der Waals surface area contributed by atoms with Gasteiger partial charge < -0.3 is 15.4 Å². The fraction of sp³-hybridized carbons (Fsp3) is 0.500.